The molecular formula is C24H21F2N3O3S. The van der Waals surface area contributed by atoms with Crippen LogP contribution in [0.25, 0.3) is 0 Å². The average Bonchev–Trinajstić information content (AvgIpc) is 3.39. The zero-order valence-electron chi connectivity index (χ0n) is 17.5. The van der Waals surface area contributed by atoms with E-state index < -0.39 is 21.7 Å². The van der Waals surface area contributed by atoms with Crippen LogP contribution < -0.4 is 10.6 Å². The molecule has 0 aliphatic carbocycles. The van der Waals surface area contributed by atoms with Crippen molar-refractivity contribution >= 4 is 27.3 Å². The molecule has 3 aromatic carbocycles. The Labute approximate surface area is 190 Å². The highest BCUT2D eigenvalue weighted by Gasteiger charge is 2.40. The lowest BCUT2D eigenvalue weighted by Gasteiger charge is -2.21. The molecular weight excluding hydrogens is 448 g/mol. The number of rotatable bonds is 5. The van der Waals surface area contributed by atoms with Crippen LogP contribution in [-0.4, -0.2) is 37.8 Å². The number of fused-ring (bicyclic) bond motifs is 1. The molecule has 0 aromatic heterocycles. The summed E-state index contributed by atoms with van der Waals surface area (Å²) in [6.45, 7) is 0.372. The van der Waals surface area contributed by atoms with Crippen LogP contribution in [0.4, 0.5) is 20.2 Å². The van der Waals surface area contributed by atoms with Crippen LogP contribution in [0.3, 0.4) is 0 Å². The molecule has 2 aliphatic rings. The summed E-state index contributed by atoms with van der Waals surface area (Å²) in [7, 11) is -3.84. The van der Waals surface area contributed by atoms with Crippen molar-refractivity contribution in [2.75, 3.05) is 23.7 Å². The van der Waals surface area contributed by atoms with Crippen LogP contribution in [-0.2, 0) is 21.2 Å². The maximum absolute atomic E-state index is 13.7. The number of benzene rings is 3. The van der Waals surface area contributed by atoms with Crippen molar-refractivity contribution in [3.63, 3.8) is 0 Å². The van der Waals surface area contributed by atoms with Gasteiger partial charge in [-0.15, -0.1) is 0 Å². The third-order valence-corrected chi connectivity index (χ3v) is 7.95. The van der Waals surface area contributed by atoms with Crippen molar-refractivity contribution in [1.29, 1.82) is 0 Å². The zero-order chi connectivity index (χ0) is 23.2. The fraction of sp³-hybridized carbons (Fsp3) is 0.208. The molecule has 0 bridgehead atoms. The number of hydrogen-bond donors (Lipinski definition) is 2. The SMILES string of the molecule is O=C1Cc2cc(S(=O)(=O)N3CC(Nc4ccc(F)c(F)c4)C(c4ccccc4)C3)ccc2N1. The smallest absolute Gasteiger partial charge is 0.243 e. The van der Waals surface area contributed by atoms with Crippen LogP contribution in [0.1, 0.15) is 17.0 Å². The van der Waals surface area contributed by atoms with Gasteiger partial charge in [-0.1, -0.05) is 30.3 Å². The minimum Gasteiger partial charge on any atom is -0.380 e. The molecule has 0 saturated carbocycles. The molecule has 3 aromatic rings. The maximum atomic E-state index is 13.7. The lowest BCUT2D eigenvalue weighted by molar-refractivity contribution is -0.115. The topological polar surface area (TPSA) is 78.5 Å². The van der Waals surface area contributed by atoms with E-state index >= 15 is 0 Å². The molecule has 0 radical (unpaired) electrons. The first kappa shape index (κ1) is 21.5. The lowest BCUT2D eigenvalue weighted by Crippen LogP contribution is -2.32. The van der Waals surface area contributed by atoms with E-state index in [1.807, 2.05) is 30.3 Å². The summed E-state index contributed by atoms with van der Waals surface area (Å²) in [5.41, 5.74) is 2.59. The van der Waals surface area contributed by atoms with Crippen molar-refractivity contribution in [1.82, 2.24) is 4.31 Å². The molecule has 2 aliphatic heterocycles. The van der Waals surface area contributed by atoms with Gasteiger partial charge in [0.15, 0.2) is 11.6 Å². The highest BCUT2D eigenvalue weighted by Crippen LogP contribution is 2.35. The number of halogens is 2. The van der Waals surface area contributed by atoms with E-state index in [4.69, 9.17) is 0 Å². The van der Waals surface area contributed by atoms with Gasteiger partial charge in [0.2, 0.25) is 15.9 Å². The Hall–Kier alpha value is -3.30. The Kier molecular flexibility index (Phi) is 5.38. The van der Waals surface area contributed by atoms with E-state index in [0.717, 1.165) is 17.7 Å². The molecule has 6 nitrogen and oxygen atoms in total. The minimum absolute atomic E-state index is 0.123. The van der Waals surface area contributed by atoms with Gasteiger partial charge in [0, 0.05) is 42.5 Å². The van der Waals surface area contributed by atoms with Gasteiger partial charge < -0.3 is 10.6 Å². The molecule has 0 spiro atoms. The second-order valence-electron chi connectivity index (χ2n) is 8.26. The van der Waals surface area contributed by atoms with E-state index in [2.05, 4.69) is 10.6 Å². The standard InChI is InChI=1S/C24H21F2N3O3S/c25-20-8-6-17(12-21(20)26)27-23-14-29(13-19(23)15-4-2-1-3-5-15)33(31,32)18-7-9-22-16(10-18)11-24(30)28-22/h1-10,12,19,23,27H,11,13-14H2,(H,28,30). The largest absolute Gasteiger partial charge is 0.380 e. The molecule has 5 rings (SSSR count). The van der Waals surface area contributed by atoms with Crippen molar-refractivity contribution in [3.8, 4) is 0 Å². The summed E-state index contributed by atoms with van der Waals surface area (Å²) >= 11 is 0. The number of nitrogens with one attached hydrogen (secondary N) is 2. The van der Waals surface area contributed by atoms with E-state index in [0.29, 0.717) is 16.9 Å². The number of amides is 1. The van der Waals surface area contributed by atoms with Crippen molar-refractivity contribution in [2.45, 2.75) is 23.3 Å². The third-order valence-electron chi connectivity index (χ3n) is 6.13. The Morgan fingerprint density at radius 3 is 2.48 bits per heavy atom. The lowest BCUT2D eigenvalue weighted by atomic mass is 9.94. The Morgan fingerprint density at radius 1 is 0.939 bits per heavy atom. The molecule has 2 atom stereocenters. The van der Waals surface area contributed by atoms with Gasteiger partial charge >= 0.3 is 0 Å². The average molecular weight is 470 g/mol. The van der Waals surface area contributed by atoms with Gasteiger partial charge in [-0.25, -0.2) is 17.2 Å². The van der Waals surface area contributed by atoms with Gasteiger partial charge in [0.25, 0.3) is 0 Å². The summed E-state index contributed by atoms with van der Waals surface area (Å²) in [6.07, 6.45) is 0.144. The molecule has 2 unspecified atom stereocenters. The van der Waals surface area contributed by atoms with Crippen LogP contribution in [0, 0.1) is 11.6 Å². The van der Waals surface area contributed by atoms with Crippen LogP contribution in [0.2, 0.25) is 0 Å². The normalized spacial score (nSPS) is 20.5. The van der Waals surface area contributed by atoms with E-state index in [1.165, 1.54) is 22.5 Å². The van der Waals surface area contributed by atoms with Gasteiger partial charge in [0.05, 0.1) is 11.3 Å². The number of anilines is 2. The number of carbonyl (C=O) groups excluding carboxylic acids is 1. The number of hydrogen-bond acceptors (Lipinski definition) is 4. The first-order chi connectivity index (χ1) is 15.8. The van der Waals surface area contributed by atoms with Gasteiger partial charge in [0.1, 0.15) is 0 Å². The Balaban J connectivity index is 1.45. The quantitative estimate of drug-likeness (QED) is 0.597. The third kappa shape index (κ3) is 4.09. The molecule has 1 saturated heterocycles. The molecule has 2 heterocycles. The van der Waals surface area contributed by atoms with Crippen LogP contribution in [0.5, 0.6) is 0 Å². The van der Waals surface area contributed by atoms with Gasteiger partial charge in [-0.05, 0) is 41.5 Å². The first-order valence-electron chi connectivity index (χ1n) is 10.5. The van der Waals surface area contributed by atoms with Crippen LogP contribution in [0.15, 0.2) is 71.6 Å². The van der Waals surface area contributed by atoms with E-state index in [1.54, 1.807) is 6.07 Å². The van der Waals surface area contributed by atoms with Gasteiger partial charge in [-0.2, -0.15) is 4.31 Å². The second-order valence-corrected chi connectivity index (χ2v) is 10.2. The summed E-state index contributed by atoms with van der Waals surface area (Å²) in [4.78, 5) is 11.8. The first-order valence-corrected chi connectivity index (χ1v) is 11.9. The van der Waals surface area contributed by atoms with Crippen molar-refractivity contribution in [3.05, 3.63) is 89.5 Å². The molecule has 1 amide bonds. The fourth-order valence-corrected chi connectivity index (χ4v) is 6.01. The highest BCUT2D eigenvalue weighted by atomic mass is 32.2. The number of sulfonamides is 1. The van der Waals surface area contributed by atoms with Crippen molar-refractivity contribution in [2.24, 2.45) is 0 Å². The zero-order valence-corrected chi connectivity index (χ0v) is 18.3. The van der Waals surface area contributed by atoms with Gasteiger partial charge in [-0.3, -0.25) is 4.79 Å². The number of nitrogens with zero attached hydrogens (tertiary/aromatic N) is 1. The molecule has 170 valence electrons. The van der Waals surface area contributed by atoms with Crippen LogP contribution >= 0.6 is 0 Å². The highest BCUT2D eigenvalue weighted by molar-refractivity contribution is 7.89. The summed E-state index contributed by atoms with van der Waals surface area (Å²) in [5, 5.41) is 5.89. The molecule has 2 N–H and O–H groups in total. The molecule has 1 fully saturated rings. The monoisotopic (exact) mass is 469 g/mol. The molecule has 33 heavy (non-hydrogen) atoms. The second kappa shape index (κ2) is 8.24. The predicted molar refractivity (Wildman–Crippen MR) is 120 cm³/mol. The Bertz CT molecular complexity index is 1330. The van der Waals surface area contributed by atoms with E-state index in [9.17, 15) is 22.0 Å². The Morgan fingerprint density at radius 2 is 1.73 bits per heavy atom. The van der Waals surface area contributed by atoms with Crippen molar-refractivity contribution < 1.29 is 22.0 Å². The summed E-state index contributed by atoms with van der Waals surface area (Å²) in [5.74, 6) is -2.28. The molecule has 9 heteroatoms. The summed E-state index contributed by atoms with van der Waals surface area (Å²) in [6, 6.07) is 17.3. The maximum Gasteiger partial charge on any atom is 0.243 e. The van der Waals surface area contributed by atoms with E-state index in [-0.39, 0.29) is 42.3 Å². The minimum atomic E-state index is -3.84. The fourth-order valence-electron chi connectivity index (χ4n) is 4.46. The number of carbonyl (C=O) groups is 1. The predicted octanol–water partition coefficient (Wildman–Crippen LogP) is 3.73. The summed E-state index contributed by atoms with van der Waals surface area (Å²) < 4.78 is 55.5.